The molecule has 0 spiro atoms. The maximum atomic E-state index is 12.1. The van der Waals surface area contributed by atoms with E-state index in [4.69, 9.17) is 9.52 Å². The standard InChI is InChI=1S/C17H14N2O4S/c1-10-11(16(21)22)5-4-7-12(10)18-15(20)9-24-17-19-13-6-2-3-8-14(13)23-17/h2-8H,9H2,1H3,(H,18,20)(H,21,22). The zero-order valence-electron chi connectivity index (χ0n) is 12.8. The SMILES string of the molecule is Cc1c(NC(=O)CSc2nc3ccccc3o2)cccc1C(=O)O. The number of oxazole rings is 1. The van der Waals surface area contributed by atoms with Gasteiger partial charge in [-0.15, -0.1) is 0 Å². The van der Waals surface area contributed by atoms with Crippen LogP contribution in [-0.2, 0) is 4.79 Å². The molecule has 122 valence electrons. The van der Waals surface area contributed by atoms with Gasteiger partial charge in [0.2, 0.25) is 5.91 Å². The fraction of sp³-hybridized carbons (Fsp3) is 0.118. The number of anilines is 1. The molecule has 0 unspecified atom stereocenters. The smallest absolute Gasteiger partial charge is 0.336 e. The lowest BCUT2D eigenvalue weighted by Crippen LogP contribution is -2.15. The summed E-state index contributed by atoms with van der Waals surface area (Å²) in [7, 11) is 0. The third-order valence-corrected chi connectivity index (χ3v) is 4.27. The van der Waals surface area contributed by atoms with Crippen molar-refractivity contribution in [2.45, 2.75) is 12.1 Å². The molecule has 0 saturated heterocycles. The minimum atomic E-state index is -1.02. The second-order valence-electron chi connectivity index (χ2n) is 5.07. The number of nitrogens with one attached hydrogen (secondary N) is 1. The Balaban J connectivity index is 1.65. The normalized spacial score (nSPS) is 10.7. The zero-order chi connectivity index (χ0) is 17.1. The van der Waals surface area contributed by atoms with Crippen LogP contribution in [0.1, 0.15) is 15.9 Å². The van der Waals surface area contributed by atoms with Gasteiger partial charge < -0.3 is 14.8 Å². The molecule has 0 atom stereocenters. The minimum absolute atomic E-state index is 0.115. The van der Waals surface area contributed by atoms with Crippen LogP contribution in [-0.4, -0.2) is 27.7 Å². The number of hydrogen-bond donors (Lipinski definition) is 2. The van der Waals surface area contributed by atoms with Crippen molar-refractivity contribution >= 4 is 40.4 Å². The first-order chi connectivity index (χ1) is 11.5. The Morgan fingerprint density at radius 3 is 2.75 bits per heavy atom. The fourth-order valence-corrected chi connectivity index (χ4v) is 2.87. The Morgan fingerprint density at radius 2 is 2.00 bits per heavy atom. The number of amides is 1. The van der Waals surface area contributed by atoms with E-state index < -0.39 is 5.97 Å². The van der Waals surface area contributed by atoms with Crippen LogP contribution in [0, 0.1) is 6.92 Å². The first-order valence-electron chi connectivity index (χ1n) is 7.16. The number of thioether (sulfide) groups is 1. The number of hydrogen-bond acceptors (Lipinski definition) is 5. The highest BCUT2D eigenvalue weighted by molar-refractivity contribution is 7.99. The van der Waals surface area contributed by atoms with Crippen molar-refractivity contribution < 1.29 is 19.1 Å². The lowest BCUT2D eigenvalue weighted by atomic mass is 10.1. The molecular formula is C17H14N2O4S. The summed E-state index contributed by atoms with van der Waals surface area (Å²) in [6, 6.07) is 12.1. The van der Waals surface area contributed by atoms with Gasteiger partial charge in [0, 0.05) is 5.69 Å². The molecule has 1 heterocycles. The van der Waals surface area contributed by atoms with Crippen molar-refractivity contribution in [3.8, 4) is 0 Å². The summed E-state index contributed by atoms with van der Waals surface area (Å²) < 4.78 is 5.54. The van der Waals surface area contributed by atoms with Crippen molar-refractivity contribution in [1.82, 2.24) is 4.98 Å². The number of carboxylic acid groups (broad SMARTS) is 1. The van der Waals surface area contributed by atoms with Crippen molar-refractivity contribution in [3.63, 3.8) is 0 Å². The van der Waals surface area contributed by atoms with E-state index in [0.29, 0.717) is 22.1 Å². The van der Waals surface area contributed by atoms with Crippen LogP contribution in [0.25, 0.3) is 11.1 Å². The summed E-state index contributed by atoms with van der Waals surface area (Å²) >= 11 is 1.18. The van der Waals surface area contributed by atoms with Gasteiger partial charge in [0.1, 0.15) is 5.52 Å². The molecule has 1 aromatic heterocycles. The first kappa shape index (κ1) is 16.1. The van der Waals surface area contributed by atoms with Gasteiger partial charge in [0.15, 0.2) is 5.58 Å². The van der Waals surface area contributed by atoms with Crippen LogP contribution in [0.4, 0.5) is 5.69 Å². The molecular weight excluding hydrogens is 328 g/mol. The van der Waals surface area contributed by atoms with Crippen LogP contribution in [0.2, 0.25) is 0 Å². The molecule has 2 N–H and O–H groups in total. The molecule has 3 aromatic rings. The number of aromatic carboxylic acids is 1. The summed E-state index contributed by atoms with van der Waals surface area (Å²) in [5.74, 6) is -1.17. The number of rotatable bonds is 5. The fourth-order valence-electron chi connectivity index (χ4n) is 2.23. The summed E-state index contributed by atoms with van der Waals surface area (Å²) in [5, 5.41) is 12.2. The Kier molecular flexibility index (Phi) is 4.52. The number of nitrogens with zero attached hydrogens (tertiary/aromatic N) is 1. The van der Waals surface area contributed by atoms with E-state index in [1.165, 1.54) is 17.8 Å². The number of para-hydroxylation sites is 2. The lowest BCUT2D eigenvalue weighted by Gasteiger charge is -2.09. The average molecular weight is 342 g/mol. The van der Waals surface area contributed by atoms with Crippen molar-refractivity contribution in [2.24, 2.45) is 0 Å². The molecule has 0 fully saturated rings. The number of carbonyl (C=O) groups excluding carboxylic acids is 1. The van der Waals surface area contributed by atoms with E-state index in [9.17, 15) is 9.59 Å². The Hall–Kier alpha value is -2.80. The van der Waals surface area contributed by atoms with E-state index >= 15 is 0 Å². The summed E-state index contributed by atoms with van der Waals surface area (Å²) in [6.07, 6.45) is 0. The largest absolute Gasteiger partial charge is 0.478 e. The zero-order valence-corrected chi connectivity index (χ0v) is 13.6. The van der Waals surface area contributed by atoms with Crippen LogP contribution in [0.15, 0.2) is 52.1 Å². The van der Waals surface area contributed by atoms with Gasteiger partial charge in [0.05, 0.1) is 11.3 Å². The number of fused-ring (bicyclic) bond motifs is 1. The van der Waals surface area contributed by atoms with Crippen LogP contribution < -0.4 is 5.32 Å². The van der Waals surface area contributed by atoms with Gasteiger partial charge in [-0.25, -0.2) is 9.78 Å². The first-order valence-corrected chi connectivity index (χ1v) is 8.14. The van der Waals surface area contributed by atoms with Gasteiger partial charge in [-0.2, -0.15) is 0 Å². The second kappa shape index (κ2) is 6.76. The van der Waals surface area contributed by atoms with Gasteiger partial charge in [-0.1, -0.05) is 30.0 Å². The van der Waals surface area contributed by atoms with Gasteiger partial charge in [0.25, 0.3) is 5.22 Å². The molecule has 0 aliphatic carbocycles. The predicted molar refractivity (Wildman–Crippen MR) is 91.5 cm³/mol. The predicted octanol–water partition coefficient (Wildman–Crippen LogP) is 3.57. The lowest BCUT2D eigenvalue weighted by molar-refractivity contribution is -0.113. The summed E-state index contributed by atoms with van der Waals surface area (Å²) in [4.78, 5) is 27.5. The van der Waals surface area contributed by atoms with Crippen molar-refractivity contribution in [2.75, 3.05) is 11.1 Å². The number of aromatic nitrogens is 1. The molecule has 0 saturated carbocycles. The molecule has 0 aliphatic rings. The van der Waals surface area contributed by atoms with Gasteiger partial charge in [-0.3, -0.25) is 4.79 Å². The van der Waals surface area contributed by atoms with Gasteiger partial charge in [-0.05, 0) is 36.8 Å². The maximum absolute atomic E-state index is 12.1. The molecule has 0 bridgehead atoms. The van der Waals surface area contributed by atoms with E-state index in [1.54, 1.807) is 19.1 Å². The quantitative estimate of drug-likeness (QED) is 0.689. The topological polar surface area (TPSA) is 92.4 Å². The van der Waals surface area contributed by atoms with Crippen molar-refractivity contribution in [1.29, 1.82) is 0 Å². The molecule has 3 rings (SSSR count). The molecule has 1 amide bonds. The number of carboxylic acids is 1. The molecule has 0 aliphatic heterocycles. The van der Waals surface area contributed by atoms with E-state index in [0.717, 1.165) is 5.52 Å². The number of carbonyl (C=O) groups is 2. The molecule has 6 nitrogen and oxygen atoms in total. The van der Waals surface area contributed by atoms with Crippen LogP contribution >= 0.6 is 11.8 Å². The maximum Gasteiger partial charge on any atom is 0.336 e. The average Bonchev–Trinajstić information content (AvgIpc) is 2.97. The van der Waals surface area contributed by atoms with Crippen LogP contribution in [0.3, 0.4) is 0 Å². The van der Waals surface area contributed by atoms with E-state index in [1.807, 2.05) is 24.3 Å². The second-order valence-corrected chi connectivity index (χ2v) is 5.99. The highest BCUT2D eigenvalue weighted by atomic mass is 32.2. The summed E-state index contributed by atoms with van der Waals surface area (Å²) in [5.41, 5.74) is 2.58. The third-order valence-electron chi connectivity index (χ3n) is 3.44. The molecule has 7 heteroatoms. The van der Waals surface area contributed by atoms with Gasteiger partial charge >= 0.3 is 5.97 Å². The highest BCUT2D eigenvalue weighted by Crippen LogP contribution is 2.24. The minimum Gasteiger partial charge on any atom is -0.478 e. The third kappa shape index (κ3) is 3.41. The monoisotopic (exact) mass is 342 g/mol. The van der Waals surface area contributed by atoms with Crippen molar-refractivity contribution in [3.05, 3.63) is 53.6 Å². The Labute approximate surface area is 141 Å². The number of benzene rings is 2. The molecule has 0 radical (unpaired) electrons. The summed E-state index contributed by atoms with van der Waals surface area (Å²) in [6.45, 7) is 1.66. The van der Waals surface area contributed by atoms with E-state index in [-0.39, 0.29) is 17.2 Å². The Bertz CT molecular complexity index is 887. The highest BCUT2D eigenvalue weighted by Gasteiger charge is 2.13. The van der Waals surface area contributed by atoms with Crippen LogP contribution in [0.5, 0.6) is 0 Å². The molecule has 24 heavy (non-hydrogen) atoms. The molecule has 2 aromatic carbocycles. The Morgan fingerprint density at radius 1 is 1.21 bits per heavy atom. The van der Waals surface area contributed by atoms with E-state index in [2.05, 4.69) is 10.3 Å².